The van der Waals surface area contributed by atoms with Crippen LogP contribution in [0.3, 0.4) is 0 Å². The third kappa shape index (κ3) is 3.02. The Hall–Kier alpha value is -1.99. The van der Waals surface area contributed by atoms with Crippen molar-refractivity contribution in [2.75, 3.05) is 0 Å². The van der Waals surface area contributed by atoms with E-state index in [2.05, 4.69) is 10.3 Å². The Morgan fingerprint density at radius 3 is 2.72 bits per heavy atom. The van der Waals surface area contributed by atoms with Gasteiger partial charge in [0.1, 0.15) is 18.1 Å². The van der Waals surface area contributed by atoms with Crippen molar-refractivity contribution in [3.63, 3.8) is 0 Å². The van der Waals surface area contributed by atoms with Gasteiger partial charge in [-0.1, -0.05) is 17.3 Å². The first-order valence-corrected chi connectivity index (χ1v) is 5.23. The monoisotopic (exact) mass is 256 g/mol. The van der Waals surface area contributed by atoms with Gasteiger partial charge in [-0.25, -0.2) is 0 Å². The Morgan fingerprint density at radius 1 is 1.33 bits per heavy atom. The predicted molar refractivity (Wildman–Crippen MR) is 60.5 cm³/mol. The molecule has 0 spiro atoms. The second kappa shape index (κ2) is 4.71. The van der Waals surface area contributed by atoms with Crippen molar-refractivity contribution < 1.29 is 17.7 Å². The molecular weight excluding hydrogens is 246 g/mol. The molecule has 96 valence electrons. The molecule has 0 amide bonds. The van der Waals surface area contributed by atoms with Gasteiger partial charge in [-0.05, 0) is 12.1 Å². The minimum Gasteiger partial charge on any atom is -0.487 e. The molecule has 8 heteroatoms. The fourth-order valence-corrected chi connectivity index (χ4v) is 1.43. The lowest BCUT2D eigenvalue weighted by Gasteiger charge is -2.15. The third-order valence-corrected chi connectivity index (χ3v) is 2.27. The van der Waals surface area contributed by atoms with Crippen LogP contribution in [0.2, 0.25) is 0 Å². The maximum Gasteiger partial charge on any atom is 0.509 e. The van der Waals surface area contributed by atoms with Crippen molar-refractivity contribution in [3.8, 4) is 5.75 Å². The number of hydrogen-bond acceptors (Lipinski definition) is 3. The first-order valence-electron chi connectivity index (χ1n) is 5.23. The molecule has 0 aliphatic heterocycles. The highest BCUT2D eigenvalue weighted by atomic mass is 19.4. The van der Waals surface area contributed by atoms with Gasteiger partial charge in [0.15, 0.2) is 0 Å². The average molecular weight is 256 g/mol. The molecule has 0 fully saturated rings. The highest BCUT2D eigenvalue weighted by molar-refractivity contribution is 6.73. The van der Waals surface area contributed by atoms with E-state index in [0.717, 1.165) is 12.1 Å². The van der Waals surface area contributed by atoms with Crippen LogP contribution >= 0.6 is 0 Å². The molecule has 0 radical (unpaired) electrons. The summed E-state index contributed by atoms with van der Waals surface area (Å²) in [5, 5.41) is 7.47. The molecule has 1 aromatic heterocycles. The SMILES string of the molecule is Cn1cc(COc2cccc([B-](F)(F)F)c2)nn1. The van der Waals surface area contributed by atoms with E-state index >= 15 is 0 Å². The van der Waals surface area contributed by atoms with Crippen LogP contribution in [0, 0.1) is 0 Å². The van der Waals surface area contributed by atoms with E-state index in [-0.39, 0.29) is 12.4 Å². The summed E-state index contributed by atoms with van der Waals surface area (Å²) >= 11 is 0. The number of aryl methyl sites for hydroxylation is 1. The second-order valence-corrected chi connectivity index (χ2v) is 3.82. The largest absolute Gasteiger partial charge is 0.509 e. The summed E-state index contributed by atoms with van der Waals surface area (Å²) < 4.78 is 44.3. The Morgan fingerprint density at radius 2 is 2.11 bits per heavy atom. The van der Waals surface area contributed by atoms with Crippen molar-refractivity contribution in [3.05, 3.63) is 36.2 Å². The van der Waals surface area contributed by atoms with Gasteiger partial charge in [0, 0.05) is 7.05 Å². The van der Waals surface area contributed by atoms with Gasteiger partial charge in [0.2, 0.25) is 0 Å². The van der Waals surface area contributed by atoms with Crippen LogP contribution in [0.15, 0.2) is 30.5 Å². The van der Waals surface area contributed by atoms with Gasteiger partial charge in [-0.3, -0.25) is 4.68 Å². The van der Waals surface area contributed by atoms with E-state index in [4.69, 9.17) is 4.74 Å². The fraction of sp³-hybridized carbons (Fsp3) is 0.200. The molecule has 0 aliphatic rings. The van der Waals surface area contributed by atoms with Crippen molar-refractivity contribution in [1.29, 1.82) is 0 Å². The number of rotatable bonds is 4. The van der Waals surface area contributed by atoms with Crippen LogP contribution in [-0.4, -0.2) is 22.0 Å². The van der Waals surface area contributed by atoms with Crippen LogP contribution in [0.25, 0.3) is 0 Å². The number of halogens is 3. The summed E-state index contributed by atoms with van der Waals surface area (Å²) in [7, 11) is 1.70. The van der Waals surface area contributed by atoms with Crippen LogP contribution in [0.5, 0.6) is 5.75 Å². The minimum atomic E-state index is -5.00. The van der Waals surface area contributed by atoms with Crippen molar-refractivity contribution in [1.82, 2.24) is 15.0 Å². The Balaban J connectivity index is 2.06. The van der Waals surface area contributed by atoms with E-state index in [0.29, 0.717) is 5.69 Å². The highest BCUT2D eigenvalue weighted by Gasteiger charge is 2.25. The van der Waals surface area contributed by atoms with Gasteiger partial charge in [0.05, 0.1) is 6.20 Å². The van der Waals surface area contributed by atoms with Crippen molar-refractivity contribution in [2.45, 2.75) is 6.61 Å². The van der Waals surface area contributed by atoms with Gasteiger partial charge in [0.25, 0.3) is 0 Å². The summed E-state index contributed by atoms with van der Waals surface area (Å²) in [5.74, 6) is 0.164. The van der Waals surface area contributed by atoms with E-state index in [1.165, 1.54) is 16.8 Å². The zero-order chi connectivity index (χ0) is 13.2. The number of aromatic nitrogens is 3. The molecule has 2 aromatic rings. The van der Waals surface area contributed by atoms with Crippen molar-refractivity contribution >= 4 is 12.4 Å². The molecule has 2 rings (SSSR count). The summed E-state index contributed by atoms with van der Waals surface area (Å²) in [6.45, 7) is -4.92. The molecule has 0 atom stereocenters. The highest BCUT2D eigenvalue weighted by Crippen LogP contribution is 2.15. The van der Waals surface area contributed by atoms with Gasteiger partial charge >= 0.3 is 6.98 Å². The normalized spacial score (nSPS) is 11.6. The number of nitrogens with zero attached hydrogens (tertiary/aromatic N) is 3. The molecule has 1 heterocycles. The lowest BCUT2D eigenvalue weighted by Crippen LogP contribution is -2.33. The van der Waals surface area contributed by atoms with Gasteiger partial charge in [-0.2, -0.15) is 0 Å². The van der Waals surface area contributed by atoms with Crippen LogP contribution < -0.4 is 10.2 Å². The topological polar surface area (TPSA) is 39.9 Å². The smallest absolute Gasteiger partial charge is 0.487 e. The Labute approximate surface area is 101 Å². The molecule has 0 bridgehead atoms. The Bertz CT molecular complexity index is 541. The predicted octanol–water partition coefficient (Wildman–Crippen LogP) is 1.45. The number of ether oxygens (including phenoxy) is 1. The summed E-state index contributed by atoms with van der Waals surface area (Å²) in [6, 6.07) is 4.80. The number of hydrogen-bond donors (Lipinski definition) is 0. The zero-order valence-electron chi connectivity index (χ0n) is 9.55. The zero-order valence-corrected chi connectivity index (χ0v) is 9.55. The molecule has 0 aliphatic carbocycles. The van der Waals surface area contributed by atoms with E-state index in [1.807, 2.05) is 0 Å². The lowest BCUT2D eigenvalue weighted by atomic mass is 9.80. The first-order chi connectivity index (χ1) is 8.45. The quantitative estimate of drug-likeness (QED) is 0.777. The van der Waals surface area contributed by atoms with E-state index < -0.39 is 12.4 Å². The standard InChI is InChI=1S/C10H10BF3N3O/c1-17-6-9(15-16-17)7-18-10-4-2-3-8(5-10)11(12,13)14/h2-6H,7H2,1H3/q-1. The molecule has 0 saturated carbocycles. The first kappa shape index (κ1) is 12.5. The maximum absolute atomic E-state index is 12.5. The average Bonchev–Trinajstić information content (AvgIpc) is 2.72. The molecule has 0 N–H and O–H groups in total. The van der Waals surface area contributed by atoms with E-state index in [1.54, 1.807) is 13.2 Å². The lowest BCUT2D eigenvalue weighted by molar-refractivity contribution is 0.301. The van der Waals surface area contributed by atoms with Gasteiger partial charge in [-0.15, -0.1) is 10.6 Å². The Kier molecular flexibility index (Phi) is 3.27. The summed E-state index contributed by atoms with van der Waals surface area (Å²) in [5.41, 5.74) is -0.118. The fourth-order valence-electron chi connectivity index (χ4n) is 1.43. The van der Waals surface area contributed by atoms with E-state index in [9.17, 15) is 12.9 Å². The molecular formula is C10H10BF3N3O-. The number of benzene rings is 1. The van der Waals surface area contributed by atoms with Crippen LogP contribution in [-0.2, 0) is 13.7 Å². The summed E-state index contributed by atoms with van der Waals surface area (Å²) in [4.78, 5) is 0. The molecule has 4 nitrogen and oxygen atoms in total. The summed E-state index contributed by atoms with van der Waals surface area (Å²) in [6.07, 6.45) is 1.64. The molecule has 18 heavy (non-hydrogen) atoms. The van der Waals surface area contributed by atoms with Crippen LogP contribution in [0.4, 0.5) is 12.9 Å². The van der Waals surface area contributed by atoms with Gasteiger partial charge < -0.3 is 17.7 Å². The minimum absolute atomic E-state index is 0.0855. The van der Waals surface area contributed by atoms with Crippen LogP contribution in [0.1, 0.15) is 5.69 Å². The maximum atomic E-state index is 12.5. The molecule has 0 saturated heterocycles. The molecule has 0 unspecified atom stereocenters. The third-order valence-electron chi connectivity index (χ3n) is 2.27. The second-order valence-electron chi connectivity index (χ2n) is 3.82. The van der Waals surface area contributed by atoms with Crippen molar-refractivity contribution in [2.24, 2.45) is 7.05 Å². The molecule has 1 aromatic carbocycles.